The number of hydrogen-bond donors (Lipinski definition) is 2. The molecule has 0 aliphatic rings. The second-order valence-corrected chi connectivity index (χ2v) is 5.44. The van der Waals surface area contributed by atoms with E-state index in [-0.39, 0.29) is 5.91 Å². The summed E-state index contributed by atoms with van der Waals surface area (Å²) in [5.74, 6) is 0.411. The highest BCUT2D eigenvalue weighted by Gasteiger charge is 2.08. The van der Waals surface area contributed by atoms with Crippen LogP contribution in [0.25, 0.3) is 0 Å². The van der Waals surface area contributed by atoms with Gasteiger partial charge in [-0.3, -0.25) is 4.79 Å². The molecule has 21 heavy (non-hydrogen) atoms. The SMILES string of the molecule is CCCCNc1cnc(C(=O)Nc2ccc(Br)cc2)cn1. The average molecular weight is 349 g/mol. The molecule has 1 heterocycles. The maximum atomic E-state index is 12.0. The van der Waals surface area contributed by atoms with Gasteiger partial charge in [-0.1, -0.05) is 29.3 Å². The van der Waals surface area contributed by atoms with Crippen molar-refractivity contribution in [3.8, 4) is 0 Å². The molecule has 2 aromatic rings. The van der Waals surface area contributed by atoms with Gasteiger partial charge in [-0.25, -0.2) is 9.97 Å². The summed E-state index contributed by atoms with van der Waals surface area (Å²) in [4.78, 5) is 20.3. The zero-order chi connectivity index (χ0) is 15.1. The molecule has 0 spiro atoms. The zero-order valence-electron chi connectivity index (χ0n) is 11.8. The maximum Gasteiger partial charge on any atom is 0.275 e. The molecule has 2 N–H and O–H groups in total. The number of aromatic nitrogens is 2. The van der Waals surface area contributed by atoms with Crippen LogP contribution in [0.5, 0.6) is 0 Å². The number of amides is 1. The lowest BCUT2D eigenvalue weighted by molar-refractivity contribution is 0.102. The summed E-state index contributed by atoms with van der Waals surface area (Å²) in [5, 5.41) is 5.93. The van der Waals surface area contributed by atoms with Gasteiger partial charge in [-0.05, 0) is 30.7 Å². The highest BCUT2D eigenvalue weighted by molar-refractivity contribution is 9.10. The van der Waals surface area contributed by atoms with E-state index in [1.54, 1.807) is 6.20 Å². The van der Waals surface area contributed by atoms with Gasteiger partial charge in [0, 0.05) is 16.7 Å². The number of nitrogens with one attached hydrogen (secondary N) is 2. The first-order valence-electron chi connectivity index (χ1n) is 6.82. The fraction of sp³-hybridized carbons (Fsp3) is 0.267. The second kappa shape index (κ2) is 7.73. The number of hydrogen-bond acceptors (Lipinski definition) is 4. The van der Waals surface area contributed by atoms with Crippen LogP contribution in [0.1, 0.15) is 30.3 Å². The molecule has 0 fully saturated rings. The van der Waals surface area contributed by atoms with Crippen LogP contribution in [0.3, 0.4) is 0 Å². The number of carbonyl (C=O) groups excluding carboxylic acids is 1. The lowest BCUT2D eigenvalue weighted by atomic mass is 10.3. The molecule has 0 radical (unpaired) electrons. The van der Waals surface area contributed by atoms with Crippen molar-refractivity contribution in [3.05, 3.63) is 46.8 Å². The molecule has 1 amide bonds. The normalized spacial score (nSPS) is 10.2. The van der Waals surface area contributed by atoms with Crippen molar-refractivity contribution in [1.29, 1.82) is 0 Å². The van der Waals surface area contributed by atoms with E-state index in [0.717, 1.165) is 29.5 Å². The van der Waals surface area contributed by atoms with Crippen LogP contribution in [0.15, 0.2) is 41.1 Å². The fourth-order valence-electron chi connectivity index (χ4n) is 1.66. The lowest BCUT2D eigenvalue weighted by Gasteiger charge is -2.06. The molecule has 6 heteroatoms. The molecule has 0 aliphatic heterocycles. The minimum absolute atomic E-state index is 0.273. The number of halogens is 1. The van der Waals surface area contributed by atoms with Crippen LogP contribution >= 0.6 is 15.9 Å². The summed E-state index contributed by atoms with van der Waals surface area (Å²) >= 11 is 3.35. The highest BCUT2D eigenvalue weighted by atomic mass is 79.9. The van der Waals surface area contributed by atoms with Gasteiger partial charge in [0.05, 0.1) is 12.4 Å². The van der Waals surface area contributed by atoms with E-state index in [0.29, 0.717) is 11.5 Å². The molecular weight excluding hydrogens is 332 g/mol. The van der Waals surface area contributed by atoms with Crippen LogP contribution in [0.2, 0.25) is 0 Å². The predicted molar refractivity (Wildman–Crippen MR) is 87.5 cm³/mol. The van der Waals surface area contributed by atoms with Gasteiger partial charge in [-0.15, -0.1) is 0 Å². The van der Waals surface area contributed by atoms with Gasteiger partial charge in [-0.2, -0.15) is 0 Å². The molecule has 0 saturated heterocycles. The topological polar surface area (TPSA) is 66.9 Å². The first kappa shape index (κ1) is 15.4. The predicted octanol–water partition coefficient (Wildman–Crippen LogP) is 3.70. The third kappa shape index (κ3) is 4.82. The second-order valence-electron chi connectivity index (χ2n) is 4.53. The number of benzene rings is 1. The zero-order valence-corrected chi connectivity index (χ0v) is 13.4. The van der Waals surface area contributed by atoms with Gasteiger partial charge in [0.1, 0.15) is 11.5 Å². The van der Waals surface area contributed by atoms with Gasteiger partial charge in [0.25, 0.3) is 5.91 Å². The Morgan fingerprint density at radius 1 is 1.19 bits per heavy atom. The first-order chi connectivity index (χ1) is 10.2. The lowest BCUT2D eigenvalue weighted by Crippen LogP contribution is -2.14. The van der Waals surface area contributed by atoms with Crippen LogP contribution in [-0.4, -0.2) is 22.4 Å². The Bertz CT molecular complexity index is 584. The van der Waals surface area contributed by atoms with Crippen molar-refractivity contribution in [3.63, 3.8) is 0 Å². The Morgan fingerprint density at radius 3 is 2.57 bits per heavy atom. The van der Waals surface area contributed by atoms with E-state index in [1.165, 1.54) is 6.20 Å². The summed E-state index contributed by atoms with van der Waals surface area (Å²) in [6.07, 6.45) is 5.25. The molecule has 1 aromatic carbocycles. The number of anilines is 2. The standard InChI is InChI=1S/C15H17BrN4O/c1-2-3-8-17-14-10-18-13(9-19-14)15(21)20-12-6-4-11(16)5-7-12/h4-7,9-10H,2-3,8H2,1H3,(H,17,19)(H,20,21). The minimum Gasteiger partial charge on any atom is -0.369 e. The minimum atomic E-state index is -0.273. The smallest absolute Gasteiger partial charge is 0.275 e. The Balaban J connectivity index is 1.94. The number of carbonyl (C=O) groups is 1. The molecule has 110 valence electrons. The van der Waals surface area contributed by atoms with E-state index in [4.69, 9.17) is 0 Å². The van der Waals surface area contributed by atoms with Crippen LogP contribution in [0, 0.1) is 0 Å². The van der Waals surface area contributed by atoms with Gasteiger partial charge in [0.2, 0.25) is 0 Å². The highest BCUT2D eigenvalue weighted by Crippen LogP contribution is 2.14. The van der Waals surface area contributed by atoms with Crippen molar-refractivity contribution < 1.29 is 4.79 Å². The number of nitrogens with zero attached hydrogens (tertiary/aromatic N) is 2. The number of unbranched alkanes of at least 4 members (excludes halogenated alkanes) is 1. The van der Waals surface area contributed by atoms with E-state index in [1.807, 2.05) is 24.3 Å². The largest absolute Gasteiger partial charge is 0.369 e. The van der Waals surface area contributed by atoms with Crippen molar-refractivity contribution in [2.45, 2.75) is 19.8 Å². The van der Waals surface area contributed by atoms with E-state index < -0.39 is 0 Å². The Kier molecular flexibility index (Phi) is 5.68. The molecule has 0 aliphatic carbocycles. The fourth-order valence-corrected chi connectivity index (χ4v) is 1.92. The third-order valence-electron chi connectivity index (χ3n) is 2.82. The molecule has 0 atom stereocenters. The molecule has 0 unspecified atom stereocenters. The van der Waals surface area contributed by atoms with Crippen molar-refractivity contribution in [2.24, 2.45) is 0 Å². The van der Waals surface area contributed by atoms with E-state index >= 15 is 0 Å². The summed E-state index contributed by atoms with van der Waals surface area (Å²) in [6.45, 7) is 2.98. The molecular formula is C15H17BrN4O. The molecule has 2 rings (SSSR count). The Labute approximate surface area is 132 Å². The van der Waals surface area contributed by atoms with Gasteiger partial charge < -0.3 is 10.6 Å². The van der Waals surface area contributed by atoms with E-state index in [9.17, 15) is 4.79 Å². The summed E-state index contributed by atoms with van der Waals surface area (Å²) in [5.41, 5.74) is 1.01. The number of rotatable bonds is 6. The summed E-state index contributed by atoms with van der Waals surface area (Å²) < 4.78 is 0.961. The molecule has 5 nitrogen and oxygen atoms in total. The van der Waals surface area contributed by atoms with Crippen LogP contribution in [-0.2, 0) is 0 Å². The molecule has 0 saturated carbocycles. The first-order valence-corrected chi connectivity index (χ1v) is 7.61. The van der Waals surface area contributed by atoms with Crippen LogP contribution < -0.4 is 10.6 Å². The quantitative estimate of drug-likeness (QED) is 0.781. The average Bonchev–Trinajstić information content (AvgIpc) is 2.50. The summed E-state index contributed by atoms with van der Waals surface area (Å²) in [7, 11) is 0. The van der Waals surface area contributed by atoms with Crippen molar-refractivity contribution >= 4 is 33.3 Å². The monoisotopic (exact) mass is 348 g/mol. The Hall–Kier alpha value is -1.95. The van der Waals surface area contributed by atoms with Crippen molar-refractivity contribution in [2.75, 3.05) is 17.2 Å². The Morgan fingerprint density at radius 2 is 1.95 bits per heavy atom. The van der Waals surface area contributed by atoms with Crippen LogP contribution in [0.4, 0.5) is 11.5 Å². The van der Waals surface area contributed by atoms with Gasteiger partial charge >= 0.3 is 0 Å². The van der Waals surface area contributed by atoms with E-state index in [2.05, 4.69) is 43.5 Å². The third-order valence-corrected chi connectivity index (χ3v) is 3.35. The maximum absolute atomic E-state index is 12.0. The molecule has 1 aromatic heterocycles. The molecule has 0 bridgehead atoms. The summed E-state index contributed by atoms with van der Waals surface area (Å²) in [6, 6.07) is 7.36. The van der Waals surface area contributed by atoms with Crippen molar-refractivity contribution in [1.82, 2.24) is 9.97 Å². The van der Waals surface area contributed by atoms with Gasteiger partial charge in [0.15, 0.2) is 0 Å².